The SMILES string of the molecule is Cc1ccc(-n2ccc(C(=O)Nc3ccc4nc(C)[nH]c4c3)n2)cc1. The molecule has 0 radical (unpaired) electrons. The predicted molar refractivity (Wildman–Crippen MR) is 97.1 cm³/mol. The van der Waals surface area contributed by atoms with Crippen molar-refractivity contribution in [1.82, 2.24) is 19.7 Å². The van der Waals surface area contributed by atoms with Gasteiger partial charge in [0.1, 0.15) is 5.82 Å². The normalized spacial score (nSPS) is 11.0. The van der Waals surface area contributed by atoms with E-state index in [9.17, 15) is 4.79 Å². The molecule has 0 fully saturated rings. The smallest absolute Gasteiger partial charge is 0.276 e. The Morgan fingerprint density at radius 1 is 1.08 bits per heavy atom. The number of nitrogens with zero attached hydrogens (tertiary/aromatic N) is 3. The molecule has 6 nitrogen and oxygen atoms in total. The molecule has 0 aliphatic heterocycles. The zero-order valence-corrected chi connectivity index (χ0v) is 13.9. The number of hydrogen-bond donors (Lipinski definition) is 2. The van der Waals surface area contributed by atoms with Crippen LogP contribution in [0.5, 0.6) is 0 Å². The lowest BCUT2D eigenvalue weighted by Crippen LogP contribution is -2.13. The summed E-state index contributed by atoms with van der Waals surface area (Å²) in [7, 11) is 0. The molecule has 6 heteroatoms. The number of hydrogen-bond acceptors (Lipinski definition) is 3. The molecule has 2 aromatic heterocycles. The summed E-state index contributed by atoms with van der Waals surface area (Å²) >= 11 is 0. The highest BCUT2D eigenvalue weighted by Crippen LogP contribution is 2.18. The summed E-state index contributed by atoms with van der Waals surface area (Å²) in [5, 5.41) is 7.23. The summed E-state index contributed by atoms with van der Waals surface area (Å²) in [6.45, 7) is 3.93. The fourth-order valence-corrected chi connectivity index (χ4v) is 2.70. The molecule has 0 unspecified atom stereocenters. The van der Waals surface area contributed by atoms with E-state index in [0.29, 0.717) is 11.4 Å². The third kappa shape index (κ3) is 3.01. The Bertz CT molecular complexity index is 1060. The van der Waals surface area contributed by atoms with Crippen LogP contribution in [0.3, 0.4) is 0 Å². The number of amides is 1. The standard InChI is InChI=1S/C19H17N5O/c1-12-3-6-15(7-4-12)24-10-9-17(23-24)19(25)22-14-5-8-16-18(11-14)21-13(2)20-16/h3-11H,1-2H3,(H,20,21)(H,22,25). The van der Waals surface area contributed by atoms with E-state index in [4.69, 9.17) is 0 Å². The minimum absolute atomic E-state index is 0.249. The van der Waals surface area contributed by atoms with Crippen LogP contribution < -0.4 is 5.32 Å². The Hall–Kier alpha value is -3.41. The van der Waals surface area contributed by atoms with Gasteiger partial charge >= 0.3 is 0 Å². The minimum Gasteiger partial charge on any atom is -0.342 e. The number of aromatic amines is 1. The van der Waals surface area contributed by atoms with E-state index in [2.05, 4.69) is 20.4 Å². The van der Waals surface area contributed by atoms with E-state index < -0.39 is 0 Å². The fourth-order valence-electron chi connectivity index (χ4n) is 2.70. The van der Waals surface area contributed by atoms with Crippen molar-refractivity contribution in [3.63, 3.8) is 0 Å². The van der Waals surface area contributed by atoms with Gasteiger partial charge in [-0.3, -0.25) is 4.79 Å². The molecule has 124 valence electrons. The molecule has 0 spiro atoms. The number of imidazole rings is 1. The molecule has 25 heavy (non-hydrogen) atoms. The van der Waals surface area contributed by atoms with Crippen molar-refractivity contribution in [2.45, 2.75) is 13.8 Å². The molecule has 2 aromatic carbocycles. The van der Waals surface area contributed by atoms with Crippen LogP contribution in [0.15, 0.2) is 54.7 Å². The summed E-state index contributed by atoms with van der Waals surface area (Å²) in [4.78, 5) is 20.0. The molecule has 2 N–H and O–H groups in total. The monoisotopic (exact) mass is 331 g/mol. The second kappa shape index (κ2) is 5.90. The Morgan fingerprint density at radius 2 is 1.88 bits per heavy atom. The molecule has 0 aliphatic rings. The summed E-state index contributed by atoms with van der Waals surface area (Å²) in [6.07, 6.45) is 1.78. The number of carbonyl (C=O) groups is 1. The van der Waals surface area contributed by atoms with Crippen molar-refractivity contribution < 1.29 is 4.79 Å². The van der Waals surface area contributed by atoms with Crippen molar-refractivity contribution in [3.8, 4) is 5.69 Å². The van der Waals surface area contributed by atoms with Crippen LogP contribution in [-0.4, -0.2) is 25.7 Å². The summed E-state index contributed by atoms with van der Waals surface area (Å²) in [5.74, 6) is 0.594. The lowest BCUT2D eigenvalue weighted by Gasteiger charge is -2.04. The minimum atomic E-state index is -0.249. The van der Waals surface area contributed by atoms with Crippen LogP contribution in [-0.2, 0) is 0 Å². The molecule has 0 bridgehead atoms. The van der Waals surface area contributed by atoms with Crippen molar-refractivity contribution in [3.05, 3.63) is 71.8 Å². The number of anilines is 1. The van der Waals surface area contributed by atoms with Gasteiger partial charge in [-0.05, 0) is 50.2 Å². The number of aromatic nitrogens is 4. The molecule has 4 aromatic rings. The van der Waals surface area contributed by atoms with Gasteiger partial charge in [-0.25, -0.2) is 9.67 Å². The zero-order chi connectivity index (χ0) is 17.4. The Kier molecular flexibility index (Phi) is 3.57. The molecular weight excluding hydrogens is 314 g/mol. The quantitative estimate of drug-likeness (QED) is 0.602. The number of aryl methyl sites for hydroxylation is 2. The van der Waals surface area contributed by atoms with Crippen molar-refractivity contribution >= 4 is 22.6 Å². The maximum atomic E-state index is 12.4. The van der Waals surface area contributed by atoms with Crippen LogP contribution in [0.25, 0.3) is 16.7 Å². The number of nitrogens with one attached hydrogen (secondary N) is 2. The topological polar surface area (TPSA) is 75.6 Å². The number of benzene rings is 2. The van der Waals surface area contributed by atoms with Gasteiger partial charge in [0.2, 0.25) is 0 Å². The Morgan fingerprint density at radius 3 is 2.68 bits per heavy atom. The third-order valence-corrected chi connectivity index (χ3v) is 3.98. The second-order valence-corrected chi connectivity index (χ2v) is 5.99. The maximum Gasteiger partial charge on any atom is 0.276 e. The van der Waals surface area contributed by atoms with Gasteiger partial charge in [-0.1, -0.05) is 17.7 Å². The lowest BCUT2D eigenvalue weighted by molar-refractivity contribution is 0.102. The summed E-state index contributed by atoms with van der Waals surface area (Å²) in [6, 6.07) is 15.2. The molecular formula is C19H17N5O. The summed E-state index contributed by atoms with van der Waals surface area (Å²) in [5.41, 5.74) is 4.92. The summed E-state index contributed by atoms with van der Waals surface area (Å²) < 4.78 is 1.69. The molecule has 0 aliphatic carbocycles. The molecule has 0 atom stereocenters. The molecule has 0 saturated heterocycles. The average Bonchev–Trinajstić information content (AvgIpc) is 3.21. The number of rotatable bonds is 3. The average molecular weight is 331 g/mol. The number of H-pyrrole nitrogens is 1. The van der Waals surface area contributed by atoms with E-state index in [-0.39, 0.29) is 5.91 Å². The molecule has 2 heterocycles. The van der Waals surface area contributed by atoms with E-state index >= 15 is 0 Å². The van der Waals surface area contributed by atoms with Crippen LogP contribution in [0.2, 0.25) is 0 Å². The van der Waals surface area contributed by atoms with Gasteiger partial charge < -0.3 is 10.3 Å². The first-order chi connectivity index (χ1) is 12.1. The van der Waals surface area contributed by atoms with Crippen LogP contribution in [0, 0.1) is 13.8 Å². The maximum absolute atomic E-state index is 12.4. The highest BCUT2D eigenvalue weighted by molar-refractivity contribution is 6.03. The van der Waals surface area contributed by atoms with E-state index in [0.717, 1.165) is 22.5 Å². The number of fused-ring (bicyclic) bond motifs is 1. The second-order valence-electron chi connectivity index (χ2n) is 5.99. The third-order valence-electron chi connectivity index (χ3n) is 3.98. The molecule has 0 saturated carbocycles. The number of carbonyl (C=O) groups excluding carboxylic acids is 1. The van der Waals surface area contributed by atoms with Gasteiger partial charge in [-0.2, -0.15) is 5.10 Å². The van der Waals surface area contributed by atoms with Gasteiger partial charge in [-0.15, -0.1) is 0 Å². The van der Waals surface area contributed by atoms with Crippen molar-refractivity contribution in [2.75, 3.05) is 5.32 Å². The lowest BCUT2D eigenvalue weighted by atomic mass is 10.2. The largest absolute Gasteiger partial charge is 0.342 e. The van der Waals surface area contributed by atoms with Crippen LogP contribution in [0.4, 0.5) is 5.69 Å². The van der Waals surface area contributed by atoms with Crippen molar-refractivity contribution in [1.29, 1.82) is 0 Å². The first-order valence-corrected chi connectivity index (χ1v) is 7.99. The Balaban J connectivity index is 1.55. The van der Waals surface area contributed by atoms with E-state index in [1.165, 1.54) is 5.56 Å². The van der Waals surface area contributed by atoms with Crippen LogP contribution in [0.1, 0.15) is 21.9 Å². The molecule has 1 amide bonds. The first-order valence-electron chi connectivity index (χ1n) is 7.99. The fraction of sp³-hybridized carbons (Fsp3) is 0.105. The highest BCUT2D eigenvalue weighted by atomic mass is 16.1. The van der Waals surface area contributed by atoms with Gasteiger partial charge in [0.25, 0.3) is 5.91 Å². The van der Waals surface area contributed by atoms with E-state index in [1.807, 2.05) is 56.3 Å². The van der Waals surface area contributed by atoms with E-state index in [1.54, 1.807) is 16.9 Å². The zero-order valence-electron chi connectivity index (χ0n) is 13.9. The first kappa shape index (κ1) is 15.1. The predicted octanol–water partition coefficient (Wildman–Crippen LogP) is 3.62. The van der Waals surface area contributed by atoms with Crippen LogP contribution >= 0.6 is 0 Å². The highest BCUT2D eigenvalue weighted by Gasteiger charge is 2.11. The van der Waals surface area contributed by atoms with Crippen molar-refractivity contribution in [2.24, 2.45) is 0 Å². The van der Waals surface area contributed by atoms with Gasteiger partial charge in [0, 0.05) is 11.9 Å². The van der Waals surface area contributed by atoms with Gasteiger partial charge in [0.15, 0.2) is 5.69 Å². The molecule has 4 rings (SSSR count). The Labute approximate surface area is 144 Å². The van der Waals surface area contributed by atoms with Gasteiger partial charge in [0.05, 0.1) is 16.7 Å².